The Balaban J connectivity index is 2.05. The minimum Gasteiger partial charge on any atom is -0.454 e. The molecule has 18 heavy (non-hydrogen) atoms. The van der Waals surface area contributed by atoms with Crippen molar-refractivity contribution < 1.29 is 9.53 Å². The molecule has 0 amide bonds. The van der Waals surface area contributed by atoms with Gasteiger partial charge < -0.3 is 4.74 Å². The molecule has 0 unspecified atom stereocenters. The van der Waals surface area contributed by atoms with Crippen LogP contribution in [0.25, 0.3) is 0 Å². The van der Waals surface area contributed by atoms with Gasteiger partial charge in [0.15, 0.2) is 0 Å². The number of esters is 1. The van der Waals surface area contributed by atoms with Crippen LogP contribution in [0.5, 0.6) is 0 Å². The van der Waals surface area contributed by atoms with E-state index >= 15 is 0 Å². The molecule has 3 heteroatoms. The van der Waals surface area contributed by atoms with Crippen molar-refractivity contribution in [2.45, 2.75) is 31.8 Å². The second kappa shape index (κ2) is 4.27. The summed E-state index contributed by atoms with van der Waals surface area (Å²) >= 11 is 5.89. The van der Waals surface area contributed by atoms with Crippen molar-refractivity contribution in [3.05, 3.63) is 35.5 Å². The van der Waals surface area contributed by atoms with Crippen LogP contribution in [-0.2, 0) is 9.53 Å². The Labute approximate surface area is 112 Å². The third kappa shape index (κ3) is 1.58. The summed E-state index contributed by atoms with van der Waals surface area (Å²) in [6, 6.07) is 0. The van der Waals surface area contributed by atoms with Gasteiger partial charge in [-0.3, -0.25) is 0 Å². The van der Waals surface area contributed by atoms with E-state index in [0.29, 0.717) is 11.5 Å². The van der Waals surface area contributed by atoms with Gasteiger partial charge in [-0.15, -0.1) is 11.6 Å². The standard InChI is InChI=1S/C15H17ClO2/c1-8-3-6-11-12(7-16)15(17)18-14(11)13-9(2)4-5-10(8)13/h10,13-14H,1-7H2/t10-,13-,14-/m0/s1. The van der Waals surface area contributed by atoms with Gasteiger partial charge in [-0.25, -0.2) is 4.79 Å². The topological polar surface area (TPSA) is 26.3 Å². The highest BCUT2D eigenvalue weighted by Crippen LogP contribution is 2.50. The van der Waals surface area contributed by atoms with E-state index in [4.69, 9.17) is 16.3 Å². The van der Waals surface area contributed by atoms with E-state index in [2.05, 4.69) is 13.2 Å². The zero-order valence-corrected chi connectivity index (χ0v) is 11.1. The largest absolute Gasteiger partial charge is 0.454 e. The van der Waals surface area contributed by atoms with Gasteiger partial charge in [0.2, 0.25) is 0 Å². The lowest BCUT2D eigenvalue weighted by atomic mass is 9.84. The number of rotatable bonds is 1. The molecule has 0 bridgehead atoms. The molecule has 3 rings (SSSR count). The zero-order chi connectivity index (χ0) is 12.9. The molecule has 0 aromatic rings. The predicted octanol–water partition coefficient (Wildman–Crippen LogP) is 3.38. The highest BCUT2D eigenvalue weighted by molar-refractivity contribution is 6.22. The molecular weight excluding hydrogens is 248 g/mol. The van der Waals surface area contributed by atoms with E-state index < -0.39 is 0 Å². The van der Waals surface area contributed by atoms with Crippen LogP contribution in [0.2, 0.25) is 0 Å². The fraction of sp³-hybridized carbons (Fsp3) is 0.533. The fourth-order valence-corrected chi connectivity index (χ4v) is 3.90. The fourth-order valence-electron chi connectivity index (χ4n) is 3.62. The average molecular weight is 265 g/mol. The van der Waals surface area contributed by atoms with Gasteiger partial charge in [-0.1, -0.05) is 24.3 Å². The van der Waals surface area contributed by atoms with Crippen molar-refractivity contribution in [1.29, 1.82) is 0 Å². The van der Waals surface area contributed by atoms with E-state index in [0.717, 1.165) is 31.3 Å². The van der Waals surface area contributed by atoms with Crippen molar-refractivity contribution in [3.63, 3.8) is 0 Å². The summed E-state index contributed by atoms with van der Waals surface area (Å²) < 4.78 is 5.58. The van der Waals surface area contributed by atoms with Crippen LogP contribution in [0.3, 0.4) is 0 Å². The average Bonchev–Trinajstić information content (AvgIpc) is 2.82. The smallest absolute Gasteiger partial charge is 0.335 e. The molecule has 2 fully saturated rings. The van der Waals surface area contributed by atoms with E-state index in [9.17, 15) is 4.79 Å². The van der Waals surface area contributed by atoms with Crippen LogP contribution in [0.1, 0.15) is 25.7 Å². The number of fused-ring (bicyclic) bond motifs is 3. The van der Waals surface area contributed by atoms with Crippen LogP contribution in [-0.4, -0.2) is 18.0 Å². The lowest BCUT2D eigenvalue weighted by molar-refractivity contribution is -0.141. The number of hydrogen-bond donors (Lipinski definition) is 0. The third-order valence-corrected chi connectivity index (χ3v) is 4.86. The van der Waals surface area contributed by atoms with Crippen molar-refractivity contribution in [2.24, 2.45) is 11.8 Å². The highest BCUT2D eigenvalue weighted by Gasteiger charge is 2.47. The highest BCUT2D eigenvalue weighted by atomic mass is 35.5. The summed E-state index contributed by atoms with van der Waals surface area (Å²) in [5, 5.41) is 0. The number of ether oxygens (including phenoxy) is 1. The van der Waals surface area contributed by atoms with Crippen LogP contribution >= 0.6 is 11.6 Å². The van der Waals surface area contributed by atoms with Gasteiger partial charge in [0.1, 0.15) is 6.10 Å². The molecule has 2 aliphatic carbocycles. The second-order valence-corrected chi connectivity index (χ2v) is 5.72. The van der Waals surface area contributed by atoms with Crippen LogP contribution in [0.4, 0.5) is 0 Å². The van der Waals surface area contributed by atoms with Crippen molar-refractivity contribution >= 4 is 17.6 Å². The van der Waals surface area contributed by atoms with Crippen LogP contribution in [0, 0.1) is 11.8 Å². The number of carbonyl (C=O) groups excluding carboxylic acids is 1. The summed E-state index contributed by atoms with van der Waals surface area (Å²) in [6.45, 7) is 8.37. The maximum Gasteiger partial charge on any atom is 0.335 e. The Kier molecular flexibility index (Phi) is 2.86. The molecule has 0 N–H and O–H groups in total. The molecule has 1 heterocycles. The molecule has 2 nitrogen and oxygen atoms in total. The number of halogens is 1. The van der Waals surface area contributed by atoms with Crippen molar-refractivity contribution in [1.82, 2.24) is 0 Å². The van der Waals surface area contributed by atoms with Gasteiger partial charge >= 0.3 is 5.97 Å². The van der Waals surface area contributed by atoms with Crippen LogP contribution in [0.15, 0.2) is 35.5 Å². The first-order valence-corrected chi connectivity index (χ1v) is 7.01. The number of allylic oxidation sites excluding steroid dienone is 1. The Morgan fingerprint density at radius 1 is 1.22 bits per heavy atom. The molecule has 3 aliphatic rings. The Bertz CT molecular complexity index is 475. The van der Waals surface area contributed by atoms with Gasteiger partial charge in [0.05, 0.1) is 11.5 Å². The summed E-state index contributed by atoms with van der Waals surface area (Å²) in [4.78, 5) is 11.8. The molecule has 1 aliphatic heterocycles. The van der Waals surface area contributed by atoms with Crippen molar-refractivity contribution in [2.75, 3.05) is 5.88 Å². The normalized spacial score (nSPS) is 35.4. The zero-order valence-electron chi connectivity index (χ0n) is 10.4. The quantitative estimate of drug-likeness (QED) is 0.412. The van der Waals surface area contributed by atoms with E-state index in [1.54, 1.807) is 0 Å². The maximum atomic E-state index is 11.8. The van der Waals surface area contributed by atoms with Gasteiger partial charge in [-0.05, 0) is 37.2 Å². The third-order valence-electron chi connectivity index (χ3n) is 4.59. The maximum absolute atomic E-state index is 11.8. The SMILES string of the molecule is C=C1CC[C@H]2C(=C)CCC3=C(CCl)C(=O)O[C@@H]3[C@@H]12. The molecule has 3 atom stereocenters. The van der Waals surface area contributed by atoms with E-state index in [1.807, 2.05) is 0 Å². The van der Waals surface area contributed by atoms with E-state index in [-0.39, 0.29) is 23.9 Å². The monoisotopic (exact) mass is 264 g/mol. The molecule has 0 spiro atoms. The molecular formula is C15H17ClO2. The number of carbonyl (C=O) groups is 1. The summed E-state index contributed by atoms with van der Waals surface area (Å²) in [5.74, 6) is 0.694. The van der Waals surface area contributed by atoms with Gasteiger partial charge in [0.25, 0.3) is 0 Å². The first-order valence-electron chi connectivity index (χ1n) is 6.47. The van der Waals surface area contributed by atoms with Gasteiger partial charge in [-0.2, -0.15) is 0 Å². The first kappa shape index (κ1) is 12.0. The van der Waals surface area contributed by atoms with Crippen molar-refractivity contribution in [3.8, 4) is 0 Å². The van der Waals surface area contributed by atoms with E-state index in [1.165, 1.54) is 11.1 Å². The summed E-state index contributed by atoms with van der Waals surface area (Å²) in [5.41, 5.74) is 4.27. The Morgan fingerprint density at radius 2 is 2.00 bits per heavy atom. The molecule has 96 valence electrons. The summed E-state index contributed by atoms with van der Waals surface area (Å²) in [6.07, 6.45) is 3.80. The molecule has 0 aromatic heterocycles. The van der Waals surface area contributed by atoms with Crippen LogP contribution < -0.4 is 0 Å². The Hall–Kier alpha value is -1.02. The minimum absolute atomic E-state index is 0.120. The molecule has 2 saturated carbocycles. The minimum atomic E-state index is -0.226. The summed E-state index contributed by atoms with van der Waals surface area (Å²) in [7, 11) is 0. The molecule has 0 radical (unpaired) electrons. The lowest BCUT2D eigenvalue weighted by Crippen LogP contribution is -2.26. The van der Waals surface area contributed by atoms with Gasteiger partial charge in [0, 0.05) is 5.92 Å². The predicted molar refractivity (Wildman–Crippen MR) is 71.4 cm³/mol. The lowest BCUT2D eigenvalue weighted by Gasteiger charge is -2.25. The first-order chi connectivity index (χ1) is 8.63. The Morgan fingerprint density at radius 3 is 2.72 bits per heavy atom. The molecule has 0 saturated heterocycles. The second-order valence-electron chi connectivity index (χ2n) is 5.45. The number of hydrogen-bond acceptors (Lipinski definition) is 2. The number of alkyl halides is 1. The molecule has 0 aromatic carbocycles.